The molecule has 1 N–H and O–H groups in total. The number of carbonyl (C=O) groups is 2. The van der Waals surface area contributed by atoms with E-state index >= 15 is 0 Å². The number of hydrogen-bond acceptors (Lipinski definition) is 5. The maximum atomic E-state index is 12.9. The zero-order valence-electron chi connectivity index (χ0n) is 16.0. The van der Waals surface area contributed by atoms with Crippen LogP contribution in [0.25, 0.3) is 0 Å². The number of carbonyl (C=O) groups excluding carboxylic acids is 2. The zero-order chi connectivity index (χ0) is 21.3. The van der Waals surface area contributed by atoms with Crippen molar-refractivity contribution in [2.75, 3.05) is 18.1 Å². The first-order valence-corrected chi connectivity index (χ1v) is 10.5. The van der Waals surface area contributed by atoms with Gasteiger partial charge in [-0.3, -0.25) is 24.6 Å². The molecule has 0 saturated heterocycles. The second-order valence-electron chi connectivity index (χ2n) is 7.47. The third kappa shape index (κ3) is 4.16. The van der Waals surface area contributed by atoms with Crippen LogP contribution >= 0.6 is 15.9 Å². The Labute approximate surface area is 181 Å². The molecule has 1 fully saturated rings. The van der Waals surface area contributed by atoms with E-state index < -0.39 is 10.8 Å². The van der Waals surface area contributed by atoms with E-state index in [-0.39, 0.29) is 36.5 Å². The second-order valence-corrected chi connectivity index (χ2v) is 8.38. The van der Waals surface area contributed by atoms with Crippen molar-refractivity contribution < 1.29 is 19.2 Å². The van der Waals surface area contributed by atoms with E-state index in [1.807, 2.05) is 24.3 Å². The summed E-state index contributed by atoms with van der Waals surface area (Å²) in [6, 6.07) is 11.7. The van der Waals surface area contributed by atoms with Crippen LogP contribution in [0.5, 0.6) is 5.75 Å². The van der Waals surface area contributed by atoms with Crippen LogP contribution in [-0.2, 0) is 9.59 Å². The maximum absolute atomic E-state index is 12.9. The minimum absolute atomic E-state index is 0.139. The first-order valence-electron chi connectivity index (χ1n) is 9.69. The SMILES string of the molecule is O=C(CN1C(=O)COc2ccc([N+](=O)[O-])cc21)NC(c1ccc(Br)cc1)C1CCC1. The Morgan fingerprint density at radius 1 is 1.27 bits per heavy atom. The average Bonchev–Trinajstić information content (AvgIpc) is 2.68. The van der Waals surface area contributed by atoms with Crippen molar-refractivity contribution in [3.8, 4) is 5.75 Å². The molecule has 2 aromatic carbocycles. The van der Waals surface area contributed by atoms with E-state index in [2.05, 4.69) is 21.2 Å². The number of nitrogens with zero attached hydrogens (tertiary/aromatic N) is 2. The number of hydrogen-bond donors (Lipinski definition) is 1. The van der Waals surface area contributed by atoms with Crippen LogP contribution in [0.4, 0.5) is 11.4 Å². The summed E-state index contributed by atoms with van der Waals surface area (Å²) in [5.41, 5.74) is 1.08. The largest absolute Gasteiger partial charge is 0.482 e. The summed E-state index contributed by atoms with van der Waals surface area (Å²) in [6.07, 6.45) is 3.20. The molecular formula is C21H20BrN3O5. The number of nitro groups is 1. The number of ether oxygens (including phenoxy) is 1. The van der Waals surface area contributed by atoms with Gasteiger partial charge in [0.15, 0.2) is 6.61 Å². The zero-order valence-corrected chi connectivity index (χ0v) is 17.6. The molecule has 0 aromatic heterocycles. The Bertz CT molecular complexity index is 991. The smallest absolute Gasteiger partial charge is 0.271 e. The molecule has 1 aliphatic carbocycles. The van der Waals surface area contributed by atoms with Gasteiger partial charge in [0.2, 0.25) is 5.91 Å². The van der Waals surface area contributed by atoms with Gasteiger partial charge < -0.3 is 10.1 Å². The van der Waals surface area contributed by atoms with E-state index in [0.717, 1.165) is 29.3 Å². The van der Waals surface area contributed by atoms with Crippen LogP contribution in [-0.4, -0.2) is 29.9 Å². The number of non-ortho nitro benzene ring substituents is 1. The highest BCUT2D eigenvalue weighted by Gasteiger charge is 2.33. The molecule has 30 heavy (non-hydrogen) atoms. The molecule has 0 spiro atoms. The fraction of sp³-hybridized carbons (Fsp3) is 0.333. The third-order valence-corrected chi connectivity index (χ3v) is 6.09. The molecule has 2 aliphatic rings. The lowest BCUT2D eigenvalue weighted by Gasteiger charge is -2.35. The summed E-state index contributed by atoms with van der Waals surface area (Å²) in [5, 5.41) is 14.2. The number of benzene rings is 2. The van der Waals surface area contributed by atoms with Gasteiger partial charge in [-0.2, -0.15) is 0 Å². The molecule has 8 nitrogen and oxygen atoms in total. The molecule has 1 aliphatic heterocycles. The van der Waals surface area contributed by atoms with Crippen LogP contribution in [0, 0.1) is 16.0 Å². The monoisotopic (exact) mass is 473 g/mol. The minimum atomic E-state index is -0.544. The van der Waals surface area contributed by atoms with Gasteiger partial charge in [0.25, 0.3) is 11.6 Å². The van der Waals surface area contributed by atoms with E-state index in [4.69, 9.17) is 4.74 Å². The van der Waals surface area contributed by atoms with Gasteiger partial charge in [0.05, 0.1) is 16.7 Å². The number of anilines is 1. The van der Waals surface area contributed by atoms with E-state index in [9.17, 15) is 19.7 Å². The van der Waals surface area contributed by atoms with Crippen LogP contribution < -0.4 is 15.0 Å². The van der Waals surface area contributed by atoms with Crippen molar-refractivity contribution in [3.63, 3.8) is 0 Å². The fourth-order valence-electron chi connectivity index (χ4n) is 3.76. The fourth-order valence-corrected chi connectivity index (χ4v) is 4.02. The van der Waals surface area contributed by atoms with Crippen molar-refractivity contribution in [1.82, 2.24) is 5.32 Å². The minimum Gasteiger partial charge on any atom is -0.482 e. The summed E-state index contributed by atoms with van der Waals surface area (Å²) in [4.78, 5) is 37.1. The maximum Gasteiger partial charge on any atom is 0.271 e. The number of nitro benzene ring substituents is 1. The Morgan fingerprint density at radius 3 is 2.63 bits per heavy atom. The highest BCUT2D eigenvalue weighted by atomic mass is 79.9. The van der Waals surface area contributed by atoms with Gasteiger partial charge in [0.1, 0.15) is 12.3 Å². The molecule has 1 unspecified atom stereocenters. The predicted molar refractivity (Wildman–Crippen MR) is 113 cm³/mol. The number of amides is 2. The summed E-state index contributed by atoms with van der Waals surface area (Å²) >= 11 is 3.43. The van der Waals surface area contributed by atoms with Crippen molar-refractivity contribution in [1.29, 1.82) is 0 Å². The molecule has 4 rings (SSSR count). The van der Waals surface area contributed by atoms with E-state index in [1.54, 1.807) is 0 Å². The number of nitrogens with one attached hydrogen (secondary N) is 1. The summed E-state index contributed by atoms with van der Waals surface area (Å²) in [5.74, 6) is -0.0372. The van der Waals surface area contributed by atoms with Gasteiger partial charge in [-0.1, -0.05) is 34.5 Å². The van der Waals surface area contributed by atoms with Gasteiger partial charge in [-0.05, 0) is 42.5 Å². The van der Waals surface area contributed by atoms with Crippen molar-refractivity contribution in [2.45, 2.75) is 25.3 Å². The summed E-state index contributed by atoms with van der Waals surface area (Å²) < 4.78 is 6.32. The van der Waals surface area contributed by atoms with Crippen LogP contribution in [0.2, 0.25) is 0 Å². The molecule has 1 heterocycles. The molecule has 2 amide bonds. The van der Waals surface area contributed by atoms with Gasteiger partial charge in [-0.25, -0.2) is 0 Å². The third-order valence-electron chi connectivity index (χ3n) is 5.56. The van der Waals surface area contributed by atoms with Crippen LogP contribution in [0.3, 0.4) is 0 Å². The Hall–Kier alpha value is -2.94. The standard InChI is InChI=1S/C21H20BrN3O5/c22-15-6-4-14(5-7-15)21(13-2-1-3-13)23-19(26)11-24-17-10-16(25(28)29)8-9-18(17)30-12-20(24)27/h4-10,13,21H,1-3,11-12H2,(H,23,26). The van der Waals surface area contributed by atoms with Gasteiger partial charge in [-0.15, -0.1) is 0 Å². The highest BCUT2D eigenvalue weighted by molar-refractivity contribution is 9.10. The lowest BCUT2D eigenvalue weighted by Crippen LogP contribution is -2.47. The van der Waals surface area contributed by atoms with Gasteiger partial charge in [0, 0.05) is 16.6 Å². The number of rotatable bonds is 6. The number of halogens is 1. The first-order chi connectivity index (χ1) is 14.4. The molecule has 1 atom stereocenters. The first kappa shape index (κ1) is 20.3. The summed E-state index contributed by atoms with van der Waals surface area (Å²) in [7, 11) is 0. The lowest BCUT2D eigenvalue weighted by molar-refractivity contribution is -0.384. The molecule has 9 heteroatoms. The number of fused-ring (bicyclic) bond motifs is 1. The average molecular weight is 474 g/mol. The van der Waals surface area contributed by atoms with Crippen LogP contribution in [0.15, 0.2) is 46.9 Å². The van der Waals surface area contributed by atoms with Crippen molar-refractivity contribution in [2.24, 2.45) is 5.92 Å². The molecule has 156 valence electrons. The molecule has 0 radical (unpaired) electrons. The lowest BCUT2D eigenvalue weighted by atomic mass is 9.77. The van der Waals surface area contributed by atoms with Gasteiger partial charge >= 0.3 is 0 Å². The van der Waals surface area contributed by atoms with Crippen LogP contribution in [0.1, 0.15) is 30.9 Å². The molecule has 0 bridgehead atoms. The van der Waals surface area contributed by atoms with E-state index in [0.29, 0.717) is 11.7 Å². The van der Waals surface area contributed by atoms with E-state index in [1.165, 1.54) is 23.1 Å². The predicted octanol–water partition coefficient (Wildman–Crippen LogP) is 3.74. The van der Waals surface area contributed by atoms with Crippen molar-refractivity contribution in [3.05, 3.63) is 62.6 Å². The van der Waals surface area contributed by atoms with Crippen molar-refractivity contribution >= 4 is 39.1 Å². The molecular weight excluding hydrogens is 454 g/mol. The quantitative estimate of drug-likeness (QED) is 0.508. The summed E-state index contributed by atoms with van der Waals surface area (Å²) in [6.45, 7) is -0.438. The molecule has 1 saturated carbocycles. The Morgan fingerprint density at radius 2 is 2.00 bits per heavy atom. The Kier molecular flexibility index (Phi) is 5.72. The second kappa shape index (κ2) is 8.43. The Balaban J connectivity index is 1.54. The highest BCUT2D eigenvalue weighted by Crippen LogP contribution is 2.38. The normalized spacial score (nSPS) is 16.8. The topological polar surface area (TPSA) is 102 Å². The molecule has 2 aromatic rings.